The van der Waals surface area contributed by atoms with Crippen LogP contribution in [0.1, 0.15) is 0 Å². The van der Waals surface area contributed by atoms with Crippen molar-refractivity contribution >= 4 is 16.6 Å². The Balaban J connectivity index is 2.01. The zero-order valence-electron chi connectivity index (χ0n) is 13.6. The largest absolute Gasteiger partial charge is 0.497 e. The Morgan fingerprint density at radius 2 is 1.92 bits per heavy atom. The van der Waals surface area contributed by atoms with Gasteiger partial charge in [0, 0.05) is 29.7 Å². The average molecular weight is 323 g/mol. The number of fused-ring (bicyclic) bond motifs is 1. The molecule has 124 valence electrons. The molecule has 0 spiro atoms. The van der Waals surface area contributed by atoms with Crippen LogP contribution in [0.15, 0.2) is 54.6 Å². The molecule has 5 nitrogen and oxygen atoms in total. The lowest BCUT2D eigenvalue weighted by Gasteiger charge is -2.14. The standard InChI is InChI=1S/C19H21N3O2/c1-24-15-8-6-13(7-9-15)18-10-19(21-12-14(23)11-20)16-4-2-3-5-17(16)22-18/h2-10,14,23H,11-12,20H2,1H3,(H,21,22). The maximum Gasteiger partial charge on any atom is 0.118 e. The van der Waals surface area contributed by atoms with Crippen molar-refractivity contribution < 1.29 is 9.84 Å². The second-order valence-electron chi connectivity index (χ2n) is 5.57. The van der Waals surface area contributed by atoms with E-state index in [2.05, 4.69) is 5.32 Å². The van der Waals surface area contributed by atoms with Crippen LogP contribution in [0.4, 0.5) is 5.69 Å². The number of hydrogen-bond donors (Lipinski definition) is 3. The molecule has 0 radical (unpaired) electrons. The summed E-state index contributed by atoms with van der Waals surface area (Å²) < 4.78 is 5.20. The highest BCUT2D eigenvalue weighted by Crippen LogP contribution is 2.29. The number of pyridine rings is 1. The van der Waals surface area contributed by atoms with Crippen LogP contribution in [-0.4, -0.2) is 36.4 Å². The van der Waals surface area contributed by atoms with Crippen molar-refractivity contribution in [2.45, 2.75) is 6.10 Å². The third-order valence-electron chi connectivity index (χ3n) is 3.90. The molecule has 1 heterocycles. The lowest BCUT2D eigenvalue weighted by Crippen LogP contribution is -2.27. The summed E-state index contributed by atoms with van der Waals surface area (Å²) in [6.45, 7) is 0.619. The highest BCUT2D eigenvalue weighted by atomic mass is 16.5. The van der Waals surface area contributed by atoms with E-state index in [1.807, 2.05) is 54.6 Å². The lowest BCUT2D eigenvalue weighted by atomic mass is 10.1. The van der Waals surface area contributed by atoms with Crippen LogP contribution < -0.4 is 15.8 Å². The van der Waals surface area contributed by atoms with Crippen molar-refractivity contribution in [2.24, 2.45) is 5.73 Å². The fourth-order valence-electron chi connectivity index (χ4n) is 2.54. The van der Waals surface area contributed by atoms with Crippen LogP contribution in [-0.2, 0) is 0 Å². The molecule has 24 heavy (non-hydrogen) atoms. The summed E-state index contributed by atoms with van der Waals surface area (Å²) in [6, 6.07) is 17.7. The Morgan fingerprint density at radius 3 is 2.62 bits per heavy atom. The number of ether oxygens (including phenoxy) is 1. The quantitative estimate of drug-likeness (QED) is 0.650. The molecule has 5 heteroatoms. The van der Waals surface area contributed by atoms with E-state index in [0.717, 1.165) is 33.6 Å². The number of benzene rings is 2. The first-order valence-corrected chi connectivity index (χ1v) is 7.87. The lowest BCUT2D eigenvalue weighted by molar-refractivity contribution is 0.196. The van der Waals surface area contributed by atoms with Crippen LogP contribution in [0.25, 0.3) is 22.2 Å². The van der Waals surface area contributed by atoms with Gasteiger partial charge in [-0.2, -0.15) is 0 Å². The third kappa shape index (κ3) is 3.48. The third-order valence-corrected chi connectivity index (χ3v) is 3.90. The molecule has 4 N–H and O–H groups in total. The van der Waals surface area contributed by atoms with Gasteiger partial charge in [0.2, 0.25) is 0 Å². The van der Waals surface area contributed by atoms with Crippen LogP contribution in [0, 0.1) is 0 Å². The fraction of sp³-hybridized carbons (Fsp3) is 0.211. The number of rotatable bonds is 6. The van der Waals surface area contributed by atoms with Gasteiger partial charge in [0.05, 0.1) is 24.4 Å². The number of nitrogens with zero attached hydrogens (tertiary/aromatic N) is 1. The minimum absolute atomic E-state index is 0.224. The Bertz CT molecular complexity index is 818. The van der Waals surface area contributed by atoms with Crippen molar-refractivity contribution in [2.75, 3.05) is 25.5 Å². The smallest absolute Gasteiger partial charge is 0.118 e. The number of aromatic nitrogens is 1. The first kappa shape index (κ1) is 16.2. The maximum atomic E-state index is 9.72. The van der Waals surface area contributed by atoms with Gasteiger partial charge in [0.15, 0.2) is 0 Å². The molecular formula is C19H21N3O2. The normalized spacial score (nSPS) is 12.1. The van der Waals surface area contributed by atoms with Crippen molar-refractivity contribution in [1.29, 1.82) is 0 Å². The minimum Gasteiger partial charge on any atom is -0.497 e. The number of methoxy groups -OCH3 is 1. The summed E-state index contributed by atoms with van der Waals surface area (Å²) in [7, 11) is 1.65. The number of anilines is 1. The second kappa shape index (κ2) is 7.29. The molecule has 2 aromatic carbocycles. The van der Waals surface area contributed by atoms with Crippen LogP contribution in [0.2, 0.25) is 0 Å². The number of hydrogen-bond acceptors (Lipinski definition) is 5. The van der Waals surface area contributed by atoms with Gasteiger partial charge < -0.3 is 20.9 Å². The number of aliphatic hydroxyl groups excluding tert-OH is 1. The van der Waals surface area contributed by atoms with E-state index in [4.69, 9.17) is 15.5 Å². The predicted molar refractivity (Wildman–Crippen MR) is 97.3 cm³/mol. The summed E-state index contributed by atoms with van der Waals surface area (Å²) in [5.41, 5.74) is 9.18. The maximum absolute atomic E-state index is 9.72. The Kier molecular flexibility index (Phi) is 4.93. The second-order valence-corrected chi connectivity index (χ2v) is 5.57. The summed E-state index contributed by atoms with van der Waals surface area (Å²) in [6.07, 6.45) is -0.582. The summed E-state index contributed by atoms with van der Waals surface area (Å²) in [5, 5.41) is 14.0. The molecule has 3 aromatic rings. The van der Waals surface area contributed by atoms with E-state index >= 15 is 0 Å². The molecule has 0 fully saturated rings. The van der Waals surface area contributed by atoms with Crippen molar-refractivity contribution in [1.82, 2.24) is 4.98 Å². The van der Waals surface area contributed by atoms with Crippen LogP contribution in [0.5, 0.6) is 5.75 Å². The molecular weight excluding hydrogens is 302 g/mol. The predicted octanol–water partition coefficient (Wildman–Crippen LogP) is 2.64. The highest BCUT2D eigenvalue weighted by molar-refractivity contribution is 5.93. The monoisotopic (exact) mass is 323 g/mol. The molecule has 0 aliphatic carbocycles. The number of aliphatic hydroxyl groups is 1. The van der Waals surface area contributed by atoms with Crippen molar-refractivity contribution in [3.63, 3.8) is 0 Å². The van der Waals surface area contributed by atoms with Gasteiger partial charge in [-0.3, -0.25) is 0 Å². The summed E-state index contributed by atoms with van der Waals surface area (Å²) >= 11 is 0. The van der Waals surface area contributed by atoms with E-state index < -0.39 is 6.10 Å². The Labute approximate surface area is 141 Å². The van der Waals surface area contributed by atoms with Crippen molar-refractivity contribution in [3.8, 4) is 17.0 Å². The SMILES string of the molecule is COc1ccc(-c2cc(NCC(O)CN)c3ccccc3n2)cc1. The van der Waals surface area contributed by atoms with Gasteiger partial charge in [0.1, 0.15) is 5.75 Å². The molecule has 0 saturated carbocycles. The number of para-hydroxylation sites is 1. The molecule has 0 aliphatic rings. The Hall–Kier alpha value is -2.63. The van der Waals surface area contributed by atoms with E-state index in [1.165, 1.54) is 0 Å². The van der Waals surface area contributed by atoms with Gasteiger partial charge in [0.25, 0.3) is 0 Å². The van der Waals surface area contributed by atoms with Gasteiger partial charge in [-0.05, 0) is 36.4 Å². The zero-order chi connectivity index (χ0) is 16.9. The first-order valence-electron chi connectivity index (χ1n) is 7.87. The summed E-state index contributed by atoms with van der Waals surface area (Å²) in [5.74, 6) is 0.809. The molecule has 1 aromatic heterocycles. The van der Waals surface area contributed by atoms with E-state index in [0.29, 0.717) is 6.54 Å². The molecule has 0 saturated heterocycles. The van der Waals surface area contributed by atoms with E-state index in [1.54, 1.807) is 7.11 Å². The molecule has 3 rings (SSSR count). The van der Waals surface area contributed by atoms with Gasteiger partial charge >= 0.3 is 0 Å². The fourth-order valence-corrected chi connectivity index (χ4v) is 2.54. The van der Waals surface area contributed by atoms with Gasteiger partial charge in [-0.1, -0.05) is 18.2 Å². The molecule has 1 unspecified atom stereocenters. The number of nitrogens with two attached hydrogens (primary N) is 1. The summed E-state index contributed by atoms with van der Waals surface area (Å²) in [4.78, 5) is 4.74. The van der Waals surface area contributed by atoms with Gasteiger partial charge in [-0.15, -0.1) is 0 Å². The van der Waals surface area contributed by atoms with Crippen molar-refractivity contribution in [3.05, 3.63) is 54.6 Å². The average Bonchev–Trinajstić information content (AvgIpc) is 2.65. The topological polar surface area (TPSA) is 80.4 Å². The molecule has 0 amide bonds. The molecule has 1 atom stereocenters. The van der Waals surface area contributed by atoms with Crippen LogP contribution >= 0.6 is 0 Å². The first-order chi connectivity index (χ1) is 11.7. The van der Waals surface area contributed by atoms with Gasteiger partial charge in [-0.25, -0.2) is 4.98 Å². The number of nitrogens with one attached hydrogen (secondary N) is 1. The minimum atomic E-state index is -0.582. The van der Waals surface area contributed by atoms with E-state index in [9.17, 15) is 5.11 Å². The molecule has 0 aliphatic heterocycles. The zero-order valence-corrected chi connectivity index (χ0v) is 13.6. The highest BCUT2D eigenvalue weighted by Gasteiger charge is 2.09. The van der Waals surface area contributed by atoms with Crippen LogP contribution in [0.3, 0.4) is 0 Å². The van der Waals surface area contributed by atoms with E-state index in [-0.39, 0.29) is 6.54 Å². The molecule has 0 bridgehead atoms. The Morgan fingerprint density at radius 1 is 1.17 bits per heavy atom.